The number of hydrogen-bond acceptors (Lipinski definition) is 18. The van der Waals surface area contributed by atoms with Crippen molar-refractivity contribution in [1.29, 1.82) is 0 Å². The van der Waals surface area contributed by atoms with Gasteiger partial charge in [0.25, 0.3) is 11.4 Å². The number of nitrogens with zero attached hydrogens (tertiary/aromatic N) is 4. The van der Waals surface area contributed by atoms with E-state index in [1.807, 2.05) is 18.2 Å². The van der Waals surface area contributed by atoms with Crippen LogP contribution in [0, 0.1) is 26.1 Å². The first-order valence-electron chi connectivity index (χ1n) is 24.0. The number of hydrogen-bond donors (Lipinski definition) is 2. The number of ketones is 2. The van der Waals surface area contributed by atoms with Gasteiger partial charge in [0, 0.05) is 67.1 Å². The van der Waals surface area contributed by atoms with E-state index < -0.39 is 15.8 Å². The Morgan fingerprint density at radius 2 is 1.35 bits per heavy atom. The van der Waals surface area contributed by atoms with Gasteiger partial charge in [-0.05, 0) is 62.4 Å². The summed E-state index contributed by atoms with van der Waals surface area (Å²) in [6.45, 7) is 6.72. The molecule has 0 unspecified atom stereocenters. The van der Waals surface area contributed by atoms with Crippen molar-refractivity contribution in [2.24, 2.45) is 5.92 Å². The maximum absolute atomic E-state index is 14.1. The predicted octanol–water partition coefficient (Wildman–Crippen LogP) is 7.61. The second-order valence-electron chi connectivity index (χ2n) is 17.0. The third-order valence-corrected chi connectivity index (χ3v) is 12.1. The van der Waals surface area contributed by atoms with Crippen LogP contribution in [-0.2, 0) is 44.4 Å². The van der Waals surface area contributed by atoms with E-state index in [1.54, 1.807) is 24.3 Å². The molecule has 5 aromatic rings. The molecule has 1 atom stereocenters. The van der Waals surface area contributed by atoms with E-state index in [1.165, 1.54) is 24.3 Å². The number of carboxylic acid groups (broad SMARTS) is 1. The summed E-state index contributed by atoms with van der Waals surface area (Å²) in [6, 6.07) is 19.1. The number of carbonyl (C=O) groups is 3. The molecular weight excluding hydrogens is 939 g/mol. The van der Waals surface area contributed by atoms with Crippen LogP contribution in [0.2, 0.25) is 0 Å². The van der Waals surface area contributed by atoms with Gasteiger partial charge in [-0.3, -0.25) is 29.8 Å². The van der Waals surface area contributed by atoms with Crippen LogP contribution < -0.4 is 10.2 Å². The third-order valence-electron chi connectivity index (χ3n) is 12.1. The number of fused-ring (bicyclic) bond motifs is 2. The quantitative estimate of drug-likeness (QED) is 0.0228. The summed E-state index contributed by atoms with van der Waals surface area (Å²) in [5, 5.41) is 40.2. The topological polar surface area (TPSA) is 264 Å². The van der Waals surface area contributed by atoms with E-state index in [4.69, 9.17) is 37.7 Å². The van der Waals surface area contributed by atoms with Crippen molar-refractivity contribution in [2.45, 2.75) is 38.5 Å². The van der Waals surface area contributed by atoms with Crippen molar-refractivity contribution in [3.05, 3.63) is 115 Å². The number of carbonyl (C=O) groups excluding carboxylic acids is 2. The van der Waals surface area contributed by atoms with Gasteiger partial charge in [-0.25, -0.2) is 4.79 Å². The van der Waals surface area contributed by atoms with E-state index in [2.05, 4.69) is 15.4 Å². The highest BCUT2D eigenvalue weighted by atomic mass is 16.6. The molecule has 0 spiro atoms. The van der Waals surface area contributed by atoms with Gasteiger partial charge in [0.2, 0.25) is 0 Å². The Morgan fingerprint density at radius 3 is 1.96 bits per heavy atom. The minimum atomic E-state index is -1.07. The molecule has 1 fully saturated rings. The summed E-state index contributed by atoms with van der Waals surface area (Å²) in [5.74, 6) is -0.810. The van der Waals surface area contributed by atoms with Crippen molar-refractivity contribution < 1.29 is 67.0 Å². The van der Waals surface area contributed by atoms with Crippen LogP contribution in [0.3, 0.4) is 0 Å². The average Bonchev–Trinajstić information content (AvgIpc) is 3.83. The number of benzene rings is 4. The SMILES string of the molecule is O=C(O)c1cccc(Nc2cc(N3CCC[C@H](C(=O)CCCOCCOCCOCCOCCOCCOCCOCCCc4ccc([N+](=O)[O-])cc4[N+](=O)[O-])C3)c3noc4c3c2C(=O)c2ccccc2-4)c1. The number of piperidine rings is 1. The highest BCUT2D eigenvalue weighted by molar-refractivity contribution is 6.29. The zero-order valence-electron chi connectivity index (χ0n) is 39.9. The Labute approximate surface area is 414 Å². The summed E-state index contributed by atoms with van der Waals surface area (Å²) in [5.41, 5.74) is 3.74. The molecule has 1 aromatic heterocycles. The number of anilines is 3. The van der Waals surface area contributed by atoms with Crippen molar-refractivity contribution in [2.75, 3.05) is 116 Å². The van der Waals surface area contributed by atoms with E-state index in [0.29, 0.717) is 182 Å². The average molecular weight is 998 g/mol. The molecule has 21 nitrogen and oxygen atoms in total. The summed E-state index contributed by atoms with van der Waals surface area (Å²) in [6.07, 6.45) is 3.39. The maximum atomic E-state index is 14.1. The molecule has 4 aromatic carbocycles. The van der Waals surface area contributed by atoms with Crippen LogP contribution in [0.1, 0.15) is 63.9 Å². The van der Waals surface area contributed by atoms with Gasteiger partial charge in [0.15, 0.2) is 11.5 Å². The lowest BCUT2D eigenvalue weighted by atomic mass is 9.85. The van der Waals surface area contributed by atoms with Gasteiger partial charge < -0.3 is 53.0 Å². The Balaban J connectivity index is 0.702. The largest absolute Gasteiger partial charge is 0.478 e. The lowest BCUT2D eigenvalue weighted by Gasteiger charge is -2.34. The van der Waals surface area contributed by atoms with E-state index in [-0.39, 0.29) is 34.4 Å². The van der Waals surface area contributed by atoms with Crippen LogP contribution in [0.15, 0.2) is 77.3 Å². The third kappa shape index (κ3) is 14.5. The molecule has 0 saturated carbocycles. The predicted molar refractivity (Wildman–Crippen MR) is 263 cm³/mol. The Morgan fingerprint density at radius 1 is 0.736 bits per heavy atom. The molecule has 0 radical (unpaired) electrons. The number of carboxylic acids is 1. The minimum Gasteiger partial charge on any atom is -0.478 e. The Bertz CT molecular complexity index is 2660. The number of aromatic nitrogens is 1. The first-order chi connectivity index (χ1) is 35.1. The zero-order chi connectivity index (χ0) is 50.7. The molecule has 21 heteroatoms. The molecule has 1 aliphatic heterocycles. The molecule has 1 aliphatic carbocycles. The smallest absolute Gasteiger partial charge is 0.335 e. The molecule has 0 amide bonds. The molecule has 0 bridgehead atoms. The van der Waals surface area contributed by atoms with Gasteiger partial charge in [-0.15, -0.1) is 0 Å². The fraction of sp³-hybridized carbons (Fsp3) is 0.451. The Kier molecular flexibility index (Phi) is 20.1. The second-order valence-corrected chi connectivity index (χ2v) is 17.0. The summed E-state index contributed by atoms with van der Waals surface area (Å²) < 4.78 is 44.8. The first kappa shape index (κ1) is 53.1. The lowest BCUT2D eigenvalue weighted by molar-refractivity contribution is -0.394. The molecule has 2 heterocycles. The molecule has 2 N–H and O–H groups in total. The van der Waals surface area contributed by atoms with Gasteiger partial charge >= 0.3 is 5.97 Å². The van der Waals surface area contributed by atoms with Crippen LogP contribution in [-0.4, -0.2) is 143 Å². The first-order valence-corrected chi connectivity index (χ1v) is 24.0. The molecule has 72 heavy (non-hydrogen) atoms. The summed E-state index contributed by atoms with van der Waals surface area (Å²) >= 11 is 0. The molecule has 7 rings (SSSR count). The van der Waals surface area contributed by atoms with Crippen LogP contribution in [0.5, 0.6) is 0 Å². The fourth-order valence-electron chi connectivity index (χ4n) is 8.61. The van der Waals surface area contributed by atoms with E-state index in [9.17, 15) is 39.7 Å². The zero-order valence-corrected chi connectivity index (χ0v) is 39.9. The molecule has 2 aliphatic rings. The van der Waals surface area contributed by atoms with E-state index in [0.717, 1.165) is 24.6 Å². The highest BCUT2D eigenvalue weighted by Gasteiger charge is 2.35. The number of aromatic carboxylic acids is 1. The number of Topliss-reactive ketones (excluding diaryl/α,β-unsaturated/α-hetero) is 1. The highest BCUT2D eigenvalue weighted by Crippen LogP contribution is 2.47. The molecular formula is C51H59N5O16. The fourth-order valence-corrected chi connectivity index (χ4v) is 8.61. The normalized spacial score (nSPS) is 14.1. The van der Waals surface area contributed by atoms with Crippen molar-refractivity contribution in [3.63, 3.8) is 0 Å². The van der Waals surface area contributed by atoms with Gasteiger partial charge in [-0.1, -0.05) is 35.5 Å². The lowest BCUT2D eigenvalue weighted by Crippen LogP contribution is -2.39. The number of nitro groups is 2. The van der Waals surface area contributed by atoms with Gasteiger partial charge in [0.05, 0.1) is 123 Å². The number of aryl methyl sites for hydroxylation is 1. The van der Waals surface area contributed by atoms with Crippen molar-refractivity contribution in [1.82, 2.24) is 5.16 Å². The van der Waals surface area contributed by atoms with Crippen molar-refractivity contribution in [3.8, 4) is 11.3 Å². The molecule has 1 saturated heterocycles. The second kappa shape index (κ2) is 27.2. The summed E-state index contributed by atoms with van der Waals surface area (Å²) in [7, 11) is 0. The number of nitro benzene ring substituents is 2. The summed E-state index contributed by atoms with van der Waals surface area (Å²) in [4.78, 5) is 62.3. The van der Waals surface area contributed by atoms with E-state index >= 15 is 0 Å². The monoisotopic (exact) mass is 997 g/mol. The van der Waals surface area contributed by atoms with Crippen LogP contribution in [0.4, 0.5) is 28.4 Å². The number of non-ortho nitro benzene ring substituents is 1. The number of rotatable bonds is 33. The van der Waals surface area contributed by atoms with Gasteiger partial charge in [0.1, 0.15) is 11.3 Å². The standard InChI is InChI=1S/C51H59N5O16/c57-45(13-6-18-66-20-22-68-24-26-70-28-30-71-29-27-69-25-23-67-21-19-65-17-5-9-35-14-15-39(55(61)62)32-43(35)56(63)64)37-8-4-16-54(34-37)44-33-42(52-38-10-3-7-36(31-38)51(59)60)46-47-48(44)53-72-50(47)41-12-2-1-11-40(41)49(46)58/h1-3,7,10-12,14-15,31-33,37,52H,4-6,8-9,13,16-30,34H2,(H,59,60)/t37-/m0/s1. The minimum absolute atomic E-state index is 0.105. The van der Waals surface area contributed by atoms with Crippen molar-refractivity contribution >= 4 is 56.9 Å². The number of nitrogens with one attached hydrogen (secondary N) is 1. The number of ether oxygens (including phenoxy) is 7. The molecule has 384 valence electrons. The van der Waals surface area contributed by atoms with Crippen LogP contribution >= 0.6 is 0 Å². The van der Waals surface area contributed by atoms with Crippen LogP contribution in [0.25, 0.3) is 22.2 Å². The van der Waals surface area contributed by atoms with Gasteiger partial charge in [-0.2, -0.15) is 0 Å². The maximum Gasteiger partial charge on any atom is 0.335 e. The Hall–Kier alpha value is -6.72.